The molecule has 0 aliphatic heterocycles. The summed E-state index contributed by atoms with van der Waals surface area (Å²) in [5.41, 5.74) is 2.03. The summed E-state index contributed by atoms with van der Waals surface area (Å²) in [6.07, 6.45) is 0.555. The van der Waals surface area contributed by atoms with Crippen LogP contribution in [-0.2, 0) is 6.42 Å². The van der Waals surface area contributed by atoms with Crippen molar-refractivity contribution in [2.75, 3.05) is 6.61 Å². The van der Waals surface area contributed by atoms with E-state index in [9.17, 15) is 0 Å². The van der Waals surface area contributed by atoms with Crippen LogP contribution < -0.4 is 0 Å². The Morgan fingerprint density at radius 1 is 1.47 bits per heavy atom. The van der Waals surface area contributed by atoms with Crippen molar-refractivity contribution >= 4 is 11.3 Å². The second-order valence-corrected chi connectivity index (χ2v) is 4.34. The number of hydrogen-bond donors (Lipinski definition) is 1. The van der Waals surface area contributed by atoms with Crippen molar-refractivity contribution in [1.82, 2.24) is 4.98 Å². The van der Waals surface area contributed by atoms with Crippen LogP contribution in [0.2, 0.25) is 0 Å². The quantitative estimate of drug-likeness (QED) is 0.869. The topological polar surface area (TPSA) is 46.3 Å². The normalized spacial score (nSPS) is 10.9. The highest BCUT2D eigenvalue weighted by atomic mass is 32.1. The summed E-state index contributed by atoms with van der Waals surface area (Å²) in [6.45, 7) is 4.03. The van der Waals surface area contributed by atoms with Crippen LogP contribution in [0.15, 0.2) is 15.9 Å². The van der Waals surface area contributed by atoms with Gasteiger partial charge in [0.15, 0.2) is 0 Å². The minimum Gasteiger partial charge on any atom is -0.440 e. The van der Waals surface area contributed by atoms with Crippen LogP contribution in [0.1, 0.15) is 17.0 Å². The fourth-order valence-corrected chi connectivity index (χ4v) is 2.31. The summed E-state index contributed by atoms with van der Waals surface area (Å²) in [4.78, 5) is 5.46. The van der Waals surface area contributed by atoms with E-state index in [-0.39, 0.29) is 6.61 Å². The molecule has 2 aromatic rings. The molecule has 15 heavy (non-hydrogen) atoms. The Bertz CT molecular complexity index is 459. The maximum absolute atomic E-state index is 8.86. The highest BCUT2D eigenvalue weighted by molar-refractivity contribution is 7.13. The fraction of sp³-hybridized carbons (Fsp3) is 0.364. The molecule has 80 valence electrons. The molecular weight excluding hydrogens is 210 g/mol. The van der Waals surface area contributed by atoms with Crippen LogP contribution in [-0.4, -0.2) is 16.7 Å². The maximum atomic E-state index is 8.86. The first-order valence-electron chi connectivity index (χ1n) is 4.84. The minimum atomic E-state index is 0.107. The summed E-state index contributed by atoms with van der Waals surface area (Å²) in [5.74, 6) is 1.47. The molecule has 4 heteroatoms. The predicted molar refractivity (Wildman–Crippen MR) is 60.1 cm³/mol. The molecule has 2 aromatic heterocycles. The summed E-state index contributed by atoms with van der Waals surface area (Å²) in [6, 6.07) is 2.05. The predicted octanol–water partition coefficient (Wildman–Crippen LogP) is 2.55. The molecule has 0 unspecified atom stereocenters. The molecule has 0 spiro atoms. The molecule has 0 fully saturated rings. The maximum Gasteiger partial charge on any atom is 0.236 e. The molecule has 0 amide bonds. The van der Waals surface area contributed by atoms with E-state index in [4.69, 9.17) is 9.52 Å². The third-order valence-electron chi connectivity index (χ3n) is 2.30. The molecule has 0 aliphatic carbocycles. The first-order valence-corrected chi connectivity index (χ1v) is 5.72. The van der Waals surface area contributed by atoms with Gasteiger partial charge in [0.2, 0.25) is 5.89 Å². The monoisotopic (exact) mass is 223 g/mol. The van der Waals surface area contributed by atoms with Gasteiger partial charge in [0.1, 0.15) is 5.76 Å². The number of aryl methyl sites for hydroxylation is 2. The molecule has 0 atom stereocenters. The Hall–Kier alpha value is -1.13. The standard InChI is InChI=1S/C11H13NO2S/c1-7-4-6-15-10(7)11-12-9(3-5-13)8(2)14-11/h4,6,13H,3,5H2,1-2H3. The lowest BCUT2D eigenvalue weighted by Crippen LogP contribution is -1.92. The molecule has 1 N–H and O–H groups in total. The summed E-state index contributed by atoms with van der Waals surface area (Å²) >= 11 is 1.62. The van der Waals surface area contributed by atoms with Gasteiger partial charge in [0.05, 0.1) is 10.6 Å². The van der Waals surface area contributed by atoms with Crippen molar-refractivity contribution in [1.29, 1.82) is 0 Å². The van der Waals surface area contributed by atoms with Crippen LogP contribution in [0.3, 0.4) is 0 Å². The molecule has 2 heterocycles. The van der Waals surface area contributed by atoms with Crippen molar-refractivity contribution < 1.29 is 9.52 Å². The largest absolute Gasteiger partial charge is 0.440 e. The second kappa shape index (κ2) is 4.16. The van der Waals surface area contributed by atoms with Gasteiger partial charge in [-0.15, -0.1) is 11.3 Å². The van der Waals surface area contributed by atoms with Crippen molar-refractivity contribution in [3.8, 4) is 10.8 Å². The SMILES string of the molecule is Cc1ccsc1-c1nc(CCO)c(C)o1. The summed E-state index contributed by atoms with van der Waals surface area (Å²) < 4.78 is 5.58. The van der Waals surface area contributed by atoms with Gasteiger partial charge in [0.25, 0.3) is 0 Å². The number of rotatable bonds is 3. The van der Waals surface area contributed by atoms with E-state index >= 15 is 0 Å². The molecule has 0 saturated heterocycles. The molecule has 0 aliphatic rings. The van der Waals surface area contributed by atoms with Crippen LogP contribution >= 0.6 is 11.3 Å². The van der Waals surface area contributed by atoms with Crippen LogP contribution in [0, 0.1) is 13.8 Å². The Balaban J connectivity index is 2.38. The van der Waals surface area contributed by atoms with E-state index in [1.165, 1.54) is 5.56 Å². The number of thiophene rings is 1. The first kappa shape index (κ1) is 10.4. The van der Waals surface area contributed by atoms with E-state index in [1.807, 2.05) is 25.3 Å². The van der Waals surface area contributed by atoms with Gasteiger partial charge in [-0.05, 0) is 30.9 Å². The van der Waals surface area contributed by atoms with E-state index < -0.39 is 0 Å². The summed E-state index contributed by atoms with van der Waals surface area (Å²) in [5, 5.41) is 10.9. The number of aliphatic hydroxyl groups excluding tert-OH is 1. The highest BCUT2D eigenvalue weighted by Gasteiger charge is 2.13. The zero-order valence-electron chi connectivity index (χ0n) is 8.78. The van der Waals surface area contributed by atoms with E-state index in [1.54, 1.807) is 11.3 Å². The Kier molecular flexibility index (Phi) is 2.88. The minimum absolute atomic E-state index is 0.107. The number of aliphatic hydroxyl groups is 1. The van der Waals surface area contributed by atoms with Crippen molar-refractivity contribution in [3.63, 3.8) is 0 Å². The van der Waals surface area contributed by atoms with Crippen molar-refractivity contribution in [2.45, 2.75) is 20.3 Å². The van der Waals surface area contributed by atoms with E-state index in [2.05, 4.69) is 4.98 Å². The van der Waals surface area contributed by atoms with Gasteiger partial charge in [-0.25, -0.2) is 4.98 Å². The zero-order valence-corrected chi connectivity index (χ0v) is 9.60. The van der Waals surface area contributed by atoms with E-state index in [0.717, 1.165) is 16.3 Å². The lowest BCUT2D eigenvalue weighted by atomic mass is 10.3. The highest BCUT2D eigenvalue weighted by Crippen LogP contribution is 2.29. The van der Waals surface area contributed by atoms with Crippen molar-refractivity contribution in [2.24, 2.45) is 0 Å². The van der Waals surface area contributed by atoms with Crippen LogP contribution in [0.25, 0.3) is 10.8 Å². The van der Waals surface area contributed by atoms with Gasteiger partial charge in [0, 0.05) is 13.0 Å². The number of hydrogen-bond acceptors (Lipinski definition) is 4. The van der Waals surface area contributed by atoms with Gasteiger partial charge in [-0.2, -0.15) is 0 Å². The molecule has 2 rings (SSSR count). The zero-order chi connectivity index (χ0) is 10.8. The Morgan fingerprint density at radius 3 is 2.87 bits per heavy atom. The van der Waals surface area contributed by atoms with Crippen molar-refractivity contribution in [3.05, 3.63) is 28.5 Å². The van der Waals surface area contributed by atoms with Crippen LogP contribution in [0.5, 0.6) is 0 Å². The van der Waals surface area contributed by atoms with Gasteiger partial charge < -0.3 is 9.52 Å². The molecular formula is C11H13NO2S. The first-order chi connectivity index (χ1) is 7.22. The molecule has 0 saturated carbocycles. The van der Waals surface area contributed by atoms with Gasteiger partial charge >= 0.3 is 0 Å². The number of aromatic nitrogens is 1. The third-order valence-corrected chi connectivity index (χ3v) is 3.30. The smallest absolute Gasteiger partial charge is 0.236 e. The molecule has 0 bridgehead atoms. The number of nitrogens with zero attached hydrogens (tertiary/aromatic N) is 1. The average Bonchev–Trinajstić information content (AvgIpc) is 2.75. The third kappa shape index (κ3) is 1.96. The molecule has 0 aromatic carbocycles. The van der Waals surface area contributed by atoms with E-state index in [0.29, 0.717) is 12.3 Å². The fourth-order valence-electron chi connectivity index (χ4n) is 1.45. The Labute approximate surface area is 92.4 Å². The lowest BCUT2D eigenvalue weighted by molar-refractivity contribution is 0.297. The lowest BCUT2D eigenvalue weighted by Gasteiger charge is -1.90. The average molecular weight is 223 g/mol. The number of oxazole rings is 1. The van der Waals surface area contributed by atoms with Gasteiger partial charge in [-0.1, -0.05) is 0 Å². The second-order valence-electron chi connectivity index (χ2n) is 3.43. The molecule has 0 radical (unpaired) electrons. The van der Waals surface area contributed by atoms with Gasteiger partial charge in [-0.3, -0.25) is 0 Å². The Morgan fingerprint density at radius 2 is 2.27 bits per heavy atom. The summed E-state index contributed by atoms with van der Waals surface area (Å²) in [7, 11) is 0. The molecule has 3 nitrogen and oxygen atoms in total. The van der Waals surface area contributed by atoms with Crippen LogP contribution in [0.4, 0.5) is 0 Å².